The number of piperidine rings is 1. The third kappa shape index (κ3) is 3.28. The molecule has 1 atom stereocenters. The molecule has 2 nitrogen and oxygen atoms in total. The number of nitrogens with zero attached hydrogens (tertiary/aromatic N) is 1. The molecular formula is C11H16BrNOS. The molecule has 0 aliphatic carbocycles. The Morgan fingerprint density at radius 1 is 1.60 bits per heavy atom. The van der Waals surface area contributed by atoms with Crippen LogP contribution in [-0.2, 0) is 6.54 Å². The number of likely N-dealkylation sites (tertiary alicyclic amines) is 1. The van der Waals surface area contributed by atoms with Gasteiger partial charge in [-0.1, -0.05) is 0 Å². The lowest BCUT2D eigenvalue weighted by atomic mass is 9.99. The average Bonchev–Trinajstić information content (AvgIpc) is 2.64. The van der Waals surface area contributed by atoms with Crippen molar-refractivity contribution in [2.24, 2.45) is 5.92 Å². The minimum atomic E-state index is 0.338. The Hall–Kier alpha value is 0.1000. The fourth-order valence-corrected chi connectivity index (χ4v) is 3.59. The summed E-state index contributed by atoms with van der Waals surface area (Å²) in [6.07, 6.45) is 2.40. The van der Waals surface area contributed by atoms with Gasteiger partial charge in [0.25, 0.3) is 0 Å². The number of thiophene rings is 1. The fourth-order valence-electron chi connectivity index (χ4n) is 2.10. The molecule has 0 spiro atoms. The van der Waals surface area contributed by atoms with Crippen molar-refractivity contribution in [1.82, 2.24) is 4.90 Å². The van der Waals surface area contributed by atoms with E-state index in [1.807, 2.05) is 0 Å². The number of rotatable bonds is 3. The van der Waals surface area contributed by atoms with Gasteiger partial charge in [-0.3, -0.25) is 4.90 Å². The van der Waals surface area contributed by atoms with Crippen LogP contribution in [0.4, 0.5) is 0 Å². The van der Waals surface area contributed by atoms with Crippen molar-refractivity contribution >= 4 is 27.3 Å². The van der Waals surface area contributed by atoms with Gasteiger partial charge in [-0.25, -0.2) is 0 Å². The summed E-state index contributed by atoms with van der Waals surface area (Å²) in [4.78, 5) is 3.85. The number of hydrogen-bond acceptors (Lipinski definition) is 3. The molecule has 15 heavy (non-hydrogen) atoms. The van der Waals surface area contributed by atoms with Crippen molar-refractivity contribution in [3.8, 4) is 0 Å². The van der Waals surface area contributed by atoms with E-state index in [-0.39, 0.29) is 0 Å². The number of halogens is 1. The summed E-state index contributed by atoms with van der Waals surface area (Å²) in [7, 11) is 0. The van der Waals surface area contributed by atoms with Crippen LogP contribution in [0.3, 0.4) is 0 Å². The van der Waals surface area contributed by atoms with Crippen LogP contribution < -0.4 is 0 Å². The summed E-state index contributed by atoms with van der Waals surface area (Å²) in [5.74, 6) is 0.488. The summed E-state index contributed by atoms with van der Waals surface area (Å²) in [5.41, 5.74) is 0. The van der Waals surface area contributed by atoms with Crippen molar-refractivity contribution in [1.29, 1.82) is 0 Å². The zero-order valence-corrected chi connectivity index (χ0v) is 11.1. The van der Waals surface area contributed by atoms with Gasteiger partial charge in [-0.15, -0.1) is 11.3 Å². The van der Waals surface area contributed by atoms with Crippen LogP contribution in [0.2, 0.25) is 0 Å². The van der Waals surface area contributed by atoms with Gasteiger partial charge in [0.05, 0.1) is 0 Å². The van der Waals surface area contributed by atoms with Gasteiger partial charge >= 0.3 is 0 Å². The Labute approximate surface area is 103 Å². The van der Waals surface area contributed by atoms with Crippen molar-refractivity contribution in [2.75, 3.05) is 19.7 Å². The summed E-state index contributed by atoms with van der Waals surface area (Å²) in [6, 6.07) is 2.19. The minimum absolute atomic E-state index is 0.338. The van der Waals surface area contributed by atoms with Crippen molar-refractivity contribution < 1.29 is 5.11 Å². The lowest BCUT2D eigenvalue weighted by Crippen LogP contribution is -2.36. The summed E-state index contributed by atoms with van der Waals surface area (Å²) >= 11 is 5.28. The topological polar surface area (TPSA) is 23.5 Å². The molecule has 0 radical (unpaired) electrons. The summed E-state index contributed by atoms with van der Waals surface area (Å²) < 4.78 is 1.18. The highest BCUT2D eigenvalue weighted by Gasteiger charge is 2.19. The van der Waals surface area contributed by atoms with Crippen LogP contribution in [0.5, 0.6) is 0 Å². The SMILES string of the molecule is OC[C@@H]1CCCN(Cc2cc(Br)cs2)C1. The van der Waals surface area contributed by atoms with Gasteiger partial charge in [0, 0.05) is 34.4 Å². The highest BCUT2D eigenvalue weighted by Crippen LogP contribution is 2.23. The maximum Gasteiger partial charge on any atom is 0.0471 e. The molecule has 1 aromatic heterocycles. The molecule has 0 unspecified atom stereocenters. The van der Waals surface area contributed by atoms with E-state index in [4.69, 9.17) is 5.11 Å². The largest absolute Gasteiger partial charge is 0.396 e. The molecule has 1 aromatic rings. The zero-order chi connectivity index (χ0) is 10.7. The van der Waals surface area contributed by atoms with Crippen LogP contribution in [0.15, 0.2) is 15.9 Å². The fraction of sp³-hybridized carbons (Fsp3) is 0.636. The van der Waals surface area contributed by atoms with E-state index in [0.717, 1.165) is 13.1 Å². The molecule has 0 aromatic carbocycles. The molecule has 2 heterocycles. The Bertz CT molecular complexity index is 315. The molecule has 0 amide bonds. The van der Waals surface area contributed by atoms with Gasteiger partial charge in [0.15, 0.2) is 0 Å². The van der Waals surface area contributed by atoms with Crippen LogP contribution in [0.1, 0.15) is 17.7 Å². The Morgan fingerprint density at radius 2 is 2.47 bits per heavy atom. The molecule has 1 aliphatic heterocycles. The molecule has 1 fully saturated rings. The lowest BCUT2D eigenvalue weighted by molar-refractivity contribution is 0.116. The highest BCUT2D eigenvalue weighted by atomic mass is 79.9. The third-order valence-electron chi connectivity index (χ3n) is 2.86. The summed E-state index contributed by atoms with van der Waals surface area (Å²) in [5, 5.41) is 11.3. The minimum Gasteiger partial charge on any atom is -0.396 e. The van der Waals surface area contributed by atoms with Crippen LogP contribution in [0, 0.1) is 5.92 Å². The second-order valence-electron chi connectivity index (χ2n) is 4.16. The molecule has 0 saturated carbocycles. The number of hydrogen-bond donors (Lipinski definition) is 1. The molecule has 2 rings (SSSR count). The maximum atomic E-state index is 9.15. The van der Waals surface area contributed by atoms with Gasteiger partial charge in [0.1, 0.15) is 0 Å². The summed E-state index contributed by atoms with van der Waals surface area (Å²) in [6.45, 7) is 3.59. The zero-order valence-electron chi connectivity index (χ0n) is 8.66. The lowest BCUT2D eigenvalue weighted by Gasteiger charge is -2.31. The molecule has 1 aliphatic rings. The Morgan fingerprint density at radius 3 is 3.13 bits per heavy atom. The van der Waals surface area contributed by atoms with Gasteiger partial charge < -0.3 is 5.11 Å². The first-order valence-corrected chi connectivity index (χ1v) is 7.01. The average molecular weight is 290 g/mol. The predicted molar refractivity (Wildman–Crippen MR) is 67.1 cm³/mol. The van der Waals surface area contributed by atoms with E-state index in [9.17, 15) is 0 Å². The normalized spacial score (nSPS) is 23.2. The Balaban J connectivity index is 1.88. The van der Waals surface area contributed by atoms with Crippen LogP contribution in [0.25, 0.3) is 0 Å². The van der Waals surface area contributed by atoms with Crippen molar-refractivity contribution in [2.45, 2.75) is 19.4 Å². The van der Waals surface area contributed by atoms with E-state index < -0.39 is 0 Å². The second kappa shape index (κ2) is 5.43. The maximum absolute atomic E-state index is 9.15. The van der Waals surface area contributed by atoms with Gasteiger partial charge in [0.2, 0.25) is 0 Å². The van der Waals surface area contributed by atoms with E-state index in [1.54, 1.807) is 11.3 Å². The van der Waals surface area contributed by atoms with Gasteiger partial charge in [-0.2, -0.15) is 0 Å². The molecule has 84 valence electrons. The van der Waals surface area contributed by atoms with Gasteiger partial charge in [-0.05, 0) is 47.3 Å². The first kappa shape index (κ1) is 11.6. The van der Waals surface area contributed by atoms with E-state index in [1.165, 1.54) is 28.7 Å². The van der Waals surface area contributed by atoms with E-state index in [2.05, 4.69) is 32.3 Å². The monoisotopic (exact) mass is 289 g/mol. The van der Waals surface area contributed by atoms with E-state index >= 15 is 0 Å². The first-order valence-electron chi connectivity index (χ1n) is 5.34. The first-order chi connectivity index (χ1) is 7.28. The third-order valence-corrected chi connectivity index (χ3v) is 4.54. The number of aliphatic hydroxyl groups is 1. The molecule has 1 N–H and O–H groups in total. The van der Waals surface area contributed by atoms with Crippen molar-refractivity contribution in [3.05, 3.63) is 20.8 Å². The Kier molecular flexibility index (Phi) is 4.20. The van der Waals surface area contributed by atoms with Crippen LogP contribution >= 0.6 is 27.3 Å². The molecule has 1 saturated heterocycles. The quantitative estimate of drug-likeness (QED) is 0.925. The highest BCUT2D eigenvalue weighted by molar-refractivity contribution is 9.10. The molecule has 4 heteroatoms. The smallest absolute Gasteiger partial charge is 0.0471 e. The second-order valence-corrected chi connectivity index (χ2v) is 6.07. The predicted octanol–water partition coefficient (Wildman–Crippen LogP) is 2.71. The van der Waals surface area contributed by atoms with Crippen molar-refractivity contribution in [3.63, 3.8) is 0 Å². The van der Waals surface area contributed by atoms with Crippen LogP contribution in [-0.4, -0.2) is 29.7 Å². The van der Waals surface area contributed by atoms with E-state index in [0.29, 0.717) is 12.5 Å². The number of aliphatic hydroxyl groups excluding tert-OH is 1. The molecule has 0 bridgehead atoms. The standard InChI is InChI=1S/C11H16BrNOS/c12-10-4-11(15-8-10)6-13-3-1-2-9(5-13)7-14/h4,8-9,14H,1-3,5-7H2/t9-/m1/s1. The molecular weight excluding hydrogens is 274 g/mol.